The number of nitrogens with zero attached hydrogens (tertiary/aromatic N) is 1. The van der Waals surface area contributed by atoms with Gasteiger partial charge in [0.25, 0.3) is 5.91 Å². The molecule has 3 rings (SSSR count). The van der Waals surface area contributed by atoms with E-state index in [0.29, 0.717) is 5.56 Å². The molecule has 6 heteroatoms. The van der Waals surface area contributed by atoms with E-state index in [1.54, 1.807) is 25.1 Å². The van der Waals surface area contributed by atoms with Crippen molar-refractivity contribution in [1.82, 2.24) is 5.43 Å². The fourth-order valence-corrected chi connectivity index (χ4v) is 2.86. The summed E-state index contributed by atoms with van der Waals surface area (Å²) in [5.74, 6) is -0.183. The van der Waals surface area contributed by atoms with Gasteiger partial charge in [0.05, 0.1) is 6.21 Å². The lowest BCUT2D eigenvalue weighted by Crippen LogP contribution is -2.34. The van der Waals surface area contributed by atoms with E-state index in [0.717, 1.165) is 20.9 Å². The molecule has 3 aromatic carbocycles. The normalized spacial score (nSPS) is 12.2. The number of hydrazone groups is 1. The Hall–Kier alpha value is -2.86. The van der Waals surface area contributed by atoms with E-state index in [2.05, 4.69) is 31.8 Å². The van der Waals surface area contributed by atoms with Gasteiger partial charge >= 0.3 is 0 Å². The topological polar surface area (TPSA) is 73.7 Å². The second-order valence-corrected chi connectivity index (χ2v) is 6.78. The summed E-state index contributed by atoms with van der Waals surface area (Å²) in [4.78, 5) is 12.2. The Bertz CT molecular complexity index is 972. The number of amides is 1. The highest BCUT2D eigenvalue weighted by Crippen LogP contribution is 2.20. The molecule has 0 saturated heterocycles. The number of phenolic OH excluding ortho intramolecular Hbond substituents is 1. The highest BCUT2D eigenvalue weighted by Gasteiger charge is 2.12. The number of hydrogen-bond acceptors (Lipinski definition) is 4. The van der Waals surface area contributed by atoms with Crippen LogP contribution in [0.2, 0.25) is 0 Å². The fraction of sp³-hybridized carbons (Fsp3) is 0.100. The monoisotopic (exact) mass is 411 g/mol. The molecule has 0 radical (unpaired) electrons. The minimum absolute atomic E-state index is 0.0912. The number of fused-ring (bicyclic) bond motifs is 1. The van der Waals surface area contributed by atoms with E-state index in [4.69, 9.17) is 0 Å². The number of carbonyl (C=O) groups is 1. The number of phenols is 1. The van der Waals surface area contributed by atoms with Crippen LogP contribution in [0.3, 0.4) is 0 Å². The summed E-state index contributed by atoms with van der Waals surface area (Å²) in [5, 5.41) is 19.1. The molecule has 1 atom stereocenters. The Morgan fingerprint density at radius 2 is 1.88 bits per heavy atom. The average molecular weight is 412 g/mol. The SMILES string of the molecule is C[C@H](Nc1ccc2ccccc2c1)C(=O)N/N=C\c1cc(Br)ccc1O. The van der Waals surface area contributed by atoms with Crippen LogP contribution in [0.5, 0.6) is 5.75 Å². The van der Waals surface area contributed by atoms with Gasteiger partial charge in [0.2, 0.25) is 0 Å². The van der Waals surface area contributed by atoms with Crippen LogP contribution in [0, 0.1) is 0 Å². The van der Waals surface area contributed by atoms with Gasteiger partial charge in [-0.15, -0.1) is 0 Å². The number of nitrogens with one attached hydrogen (secondary N) is 2. The lowest BCUT2D eigenvalue weighted by Gasteiger charge is -2.14. The van der Waals surface area contributed by atoms with Crippen molar-refractivity contribution in [3.8, 4) is 5.75 Å². The van der Waals surface area contributed by atoms with Gasteiger partial charge in [-0.05, 0) is 48.0 Å². The van der Waals surface area contributed by atoms with Crippen molar-refractivity contribution < 1.29 is 9.90 Å². The molecule has 26 heavy (non-hydrogen) atoms. The molecule has 132 valence electrons. The number of anilines is 1. The van der Waals surface area contributed by atoms with Crippen LogP contribution < -0.4 is 10.7 Å². The predicted molar refractivity (Wildman–Crippen MR) is 109 cm³/mol. The minimum atomic E-state index is -0.468. The molecule has 0 aliphatic rings. The first-order valence-electron chi connectivity index (χ1n) is 8.10. The molecule has 0 heterocycles. The van der Waals surface area contributed by atoms with Gasteiger partial charge in [0.1, 0.15) is 11.8 Å². The molecular weight excluding hydrogens is 394 g/mol. The zero-order valence-electron chi connectivity index (χ0n) is 14.1. The highest BCUT2D eigenvalue weighted by atomic mass is 79.9. The summed E-state index contributed by atoms with van der Waals surface area (Å²) in [6.07, 6.45) is 1.40. The Balaban J connectivity index is 1.61. The lowest BCUT2D eigenvalue weighted by atomic mass is 10.1. The van der Waals surface area contributed by atoms with Gasteiger partial charge < -0.3 is 10.4 Å². The molecule has 0 spiro atoms. The van der Waals surface area contributed by atoms with Crippen molar-refractivity contribution in [3.05, 3.63) is 70.7 Å². The third-order valence-corrected chi connectivity index (χ3v) is 4.39. The summed E-state index contributed by atoms with van der Waals surface area (Å²) < 4.78 is 0.814. The van der Waals surface area contributed by atoms with Crippen LogP contribution in [0.1, 0.15) is 12.5 Å². The summed E-state index contributed by atoms with van der Waals surface area (Å²) in [7, 11) is 0. The molecule has 0 fully saturated rings. The quantitative estimate of drug-likeness (QED) is 0.433. The largest absolute Gasteiger partial charge is 0.507 e. The average Bonchev–Trinajstić information content (AvgIpc) is 2.64. The third-order valence-electron chi connectivity index (χ3n) is 3.89. The maximum absolute atomic E-state index is 12.2. The molecule has 0 aliphatic heterocycles. The molecule has 5 nitrogen and oxygen atoms in total. The molecular formula is C20H18BrN3O2. The third kappa shape index (κ3) is 4.40. The van der Waals surface area contributed by atoms with Crippen molar-refractivity contribution in [3.63, 3.8) is 0 Å². The molecule has 0 saturated carbocycles. The van der Waals surface area contributed by atoms with E-state index < -0.39 is 6.04 Å². The van der Waals surface area contributed by atoms with E-state index in [-0.39, 0.29) is 11.7 Å². The Morgan fingerprint density at radius 1 is 1.12 bits per heavy atom. The highest BCUT2D eigenvalue weighted by molar-refractivity contribution is 9.10. The van der Waals surface area contributed by atoms with Crippen molar-refractivity contribution in [2.45, 2.75) is 13.0 Å². The standard InChI is InChI=1S/C20H18BrN3O2/c1-13(23-18-8-6-14-4-2-3-5-15(14)11-18)20(26)24-22-12-16-10-17(21)7-9-19(16)25/h2-13,23,25H,1H3,(H,24,26)/b22-12-/t13-/m0/s1. The van der Waals surface area contributed by atoms with Crippen LogP contribution in [-0.2, 0) is 4.79 Å². The first-order chi connectivity index (χ1) is 12.5. The zero-order chi connectivity index (χ0) is 18.5. The van der Waals surface area contributed by atoms with Crippen LogP contribution in [-0.4, -0.2) is 23.3 Å². The first kappa shape index (κ1) is 17.9. The molecule has 0 aromatic heterocycles. The fourth-order valence-electron chi connectivity index (χ4n) is 2.49. The predicted octanol–water partition coefficient (Wildman–Crippen LogP) is 4.26. The van der Waals surface area contributed by atoms with Gasteiger partial charge in [0, 0.05) is 15.7 Å². The number of aromatic hydroxyl groups is 1. The van der Waals surface area contributed by atoms with E-state index in [9.17, 15) is 9.90 Å². The van der Waals surface area contributed by atoms with Crippen molar-refractivity contribution in [1.29, 1.82) is 0 Å². The Kier molecular flexibility index (Phi) is 5.53. The molecule has 0 unspecified atom stereocenters. The molecule has 3 N–H and O–H groups in total. The maximum Gasteiger partial charge on any atom is 0.262 e. The molecule has 1 amide bonds. The number of hydrogen-bond donors (Lipinski definition) is 3. The Labute approximate surface area is 159 Å². The summed E-state index contributed by atoms with van der Waals surface area (Å²) in [6.45, 7) is 1.76. The number of rotatable bonds is 5. The van der Waals surface area contributed by atoms with Crippen LogP contribution >= 0.6 is 15.9 Å². The van der Waals surface area contributed by atoms with Crippen LogP contribution in [0.15, 0.2) is 70.2 Å². The first-order valence-corrected chi connectivity index (χ1v) is 8.89. The Morgan fingerprint density at radius 3 is 2.69 bits per heavy atom. The van der Waals surface area contributed by atoms with E-state index in [1.807, 2.05) is 42.5 Å². The lowest BCUT2D eigenvalue weighted by molar-refractivity contribution is -0.121. The van der Waals surface area contributed by atoms with Crippen LogP contribution in [0.4, 0.5) is 5.69 Å². The maximum atomic E-state index is 12.2. The van der Waals surface area contributed by atoms with E-state index >= 15 is 0 Å². The number of carbonyl (C=O) groups excluding carboxylic acids is 1. The second kappa shape index (κ2) is 8.01. The van der Waals surface area contributed by atoms with Gasteiger partial charge in [-0.25, -0.2) is 5.43 Å². The van der Waals surface area contributed by atoms with Gasteiger partial charge in [-0.1, -0.05) is 46.3 Å². The second-order valence-electron chi connectivity index (χ2n) is 5.87. The molecule has 0 bridgehead atoms. The smallest absolute Gasteiger partial charge is 0.262 e. The van der Waals surface area contributed by atoms with Crippen molar-refractivity contribution in [2.75, 3.05) is 5.32 Å². The number of benzene rings is 3. The van der Waals surface area contributed by atoms with Gasteiger partial charge in [0.15, 0.2) is 0 Å². The van der Waals surface area contributed by atoms with Gasteiger partial charge in [-0.3, -0.25) is 4.79 Å². The molecule has 3 aromatic rings. The van der Waals surface area contributed by atoms with Gasteiger partial charge in [-0.2, -0.15) is 5.10 Å². The van der Waals surface area contributed by atoms with Crippen molar-refractivity contribution >= 4 is 44.5 Å². The van der Waals surface area contributed by atoms with E-state index in [1.165, 1.54) is 6.21 Å². The molecule has 0 aliphatic carbocycles. The summed E-state index contributed by atoms with van der Waals surface area (Å²) in [5.41, 5.74) is 3.85. The van der Waals surface area contributed by atoms with Crippen molar-refractivity contribution in [2.24, 2.45) is 5.10 Å². The zero-order valence-corrected chi connectivity index (χ0v) is 15.7. The van der Waals surface area contributed by atoms with Crippen LogP contribution in [0.25, 0.3) is 10.8 Å². The number of halogens is 1. The summed E-state index contributed by atoms with van der Waals surface area (Å²) >= 11 is 3.32. The minimum Gasteiger partial charge on any atom is -0.507 e. The summed E-state index contributed by atoms with van der Waals surface area (Å²) in [6, 6.07) is 18.5.